The van der Waals surface area contributed by atoms with Crippen LogP contribution in [0, 0.1) is 10.8 Å². The summed E-state index contributed by atoms with van der Waals surface area (Å²) >= 11 is 0. The Labute approximate surface area is 336 Å². The molecule has 57 heavy (non-hydrogen) atoms. The molecule has 10 nitrogen and oxygen atoms in total. The molecule has 0 bridgehead atoms. The third-order valence-corrected chi connectivity index (χ3v) is 10.00. The molecule has 2 aliphatic rings. The Kier molecular flexibility index (Phi) is 17.4. The van der Waals surface area contributed by atoms with E-state index in [9.17, 15) is 44.1 Å². The van der Waals surface area contributed by atoms with Crippen LogP contribution < -0.4 is 0 Å². The van der Waals surface area contributed by atoms with Gasteiger partial charge in [0, 0.05) is 6.42 Å². The van der Waals surface area contributed by atoms with E-state index >= 15 is 0 Å². The fourth-order valence-corrected chi connectivity index (χ4v) is 6.67. The monoisotopic (exact) mass is 782 g/mol. The predicted molar refractivity (Wildman–Crippen MR) is 222 cm³/mol. The largest absolute Gasteiger partial charge is 0.479 e. The third kappa shape index (κ3) is 14.3. The Morgan fingerprint density at radius 2 is 1.12 bits per heavy atom. The van der Waals surface area contributed by atoms with Gasteiger partial charge in [0.05, 0.1) is 12.8 Å². The molecule has 0 aromatic carbocycles. The number of aliphatic hydroxyl groups is 2. The number of rotatable bonds is 17. The Bertz CT molecular complexity index is 1960. The topological polar surface area (TPSA) is 172 Å². The first kappa shape index (κ1) is 47.8. The van der Waals surface area contributed by atoms with Gasteiger partial charge in [0.2, 0.25) is 0 Å². The van der Waals surface area contributed by atoms with Crippen LogP contribution in [0.3, 0.4) is 0 Å². The van der Waals surface area contributed by atoms with Crippen molar-refractivity contribution < 1.29 is 48.8 Å². The Balaban J connectivity index is 2.01. The molecule has 3 N–H and O–H groups in total. The maximum Gasteiger partial charge on any atom is 0.336 e. The number of hydrogen-bond donors (Lipinski definition) is 3. The van der Waals surface area contributed by atoms with Crippen LogP contribution in [0.15, 0.2) is 130 Å². The predicted octanol–water partition coefficient (Wildman–Crippen LogP) is 7.82. The molecule has 0 spiro atoms. The number of aldehydes is 1. The SMILES string of the molecule is CC1=C(/C=C/C(C)=C/C=C/C(C)=C/C=C/C=C(C)/C=C/C=C(C)/C=C/C2=C(C)C(=O)C(OC(=O)CC(O)(CC(=O)C=O)C(=O)O)CC2(C)C)C(C)(C)CC(O)C1=O. The third-order valence-electron chi connectivity index (χ3n) is 10.00. The summed E-state index contributed by atoms with van der Waals surface area (Å²) in [5.74, 6) is -4.88. The lowest BCUT2D eigenvalue weighted by Gasteiger charge is -2.36. The van der Waals surface area contributed by atoms with Crippen molar-refractivity contribution in [3.8, 4) is 0 Å². The van der Waals surface area contributed by atoms with E-state index in [4.69, 9.17) is 4.74 Å². The molecule has 0 saturated carbocycles. The first-order valence-electron chi connectivity index (χ1n) is 18.8. The van der Waals surface area contributed by atoms with Crippen LogP contribution >= 0.6 is 0 Å². The van der Waals surface area contributed by atoms with Crippen molar-refractivity contribution in [1.29, 1.82) is 0 Å². The number of ether oxygens (including phenoxy) is 1. The van der Waals surface area contributed by atoms with Gasteiger partial charge in [-0.05, 0) is 81.1 Å². The molecule has 0 aromatic heterocycles. The zero-order valence-corrected chi connectivity index (χ0v) is 34.8. The van der Waals surface area contributed by atoms with Gasteiger partial charge in [-0.2, -0.15) is 0 Å². The van der Waals surface area contributed by atoms with Crippen LogP contribution in [0.4, 0.5) is 0 Å². The van der Waals surface area contributed by atoms with Crippen molar-refractivity contribution in [1.82, 2.24) is 0 Å². The molecule has 3 atom stereocenters. The number of carbonyl (C=O) groups is 6. The van der Waals surface area contributed by atoms with Crippen LogP contribution in [-0.4, -0.2) is 68.7 Å². The number of Topliss-reactive ketones (excluding diaryl/α,β-unsaturated/α-hetero) is 3. The van der Waals surface area contributed by atoms with Gasteiger partial charge in [-0.15, -0.1) is 0 Å². The molecule has 10 heteroatoms. The van der Waals surface area contributed by atoms with Gasteiger partial charge in [0.1, 0.15) is 6.10 Å². The number of aliphatic carboxylic acids is 1. The molecule has 2 rings (SSSR count). The summed E-state index contributed by atoms with van der Waals surface area (Å²) in [6.07, 6.45) is 23.5. The van der Waals surface area contributed by atoms with Crippen LogP contribution in [0.25, 0.3) is 0 Å². The lowest BCUT2D eigenvalue weighted by atomic mass is 9.71. The van der Waals surface area contributed by atoms with Gasteiger partial charge in [0.25, 0.3) is 0 Å². The second kappa shape index (κ2) is 20.7. The van der Waals surface area contributed by atoms with Crippen LogP contribution in [0.5, 0.6) is 0 Å². The Hall–Kier alpha value is -5.32. The van der Waals surface area contributed by atoms with Gasteiger partial charge in [-0.1, -0.05) is 135 Å². The van der Waals surface area contributed by atoms with E-state index < -0.39 is 59.6 Å². The lowest BCUT2D eigenvalue weighted by Crippen LogP contribution is -2.45. The molecule has 306 valence electrons. The van der Waals surface area contributed by atoms with Crippen LogP contribution in [-0.2, 0) is 33.5 Å². The van der Waals surface area contributed by atoms with Crippen molar-refractivity contribution in [2.24, 2.45) is 10.8 Å². The minimum absolute atomic E-state index is 0.114. The smallest absolute Gasteiger partial charge is 0.336 e. The lowest BCUT2D eigenvalue weighted by molar-refractivity contribution is -0.172. The molecular weight excluding hydrogens is 725 g/mol. The average Bonchev–Trinajstić information content (AvgIpc) is 3.10. The highest BCUT2D eigenvalue weighted by molar-refractivity contribution is 6.26. The van der Waals surface area contributed by atoms with Gasteiger partial charge in [-0.25, -0.2) is 4.79 Å². The summed E-state index contributed by atoms with van der Waals surface area (Å²) in [6.45, 7) is 19.2. The molecule has 2 aliphatic carbocycles. The minimum Gasteiger partial charge on any atom is -0.479 e. The normalized spacial score (nSPS) is 22.5. The maximum atomic E-state index is 13.2. The summed E-state index contributed by atoms with van der Waals surface area (Å²) in [5.41, 5.74) is 3.05. The molecular formula is C47H58O10. The Morgan fingerprint density at radius 1 is 0.702 bits per heavy atom. The van der Waals surface area contributed by atoms with E-state index in [0.717, 1.165) is 33.4 Å². The molecule has 0 fully saturated rings. The molecule has 0 aliphatic heterocycles. The van der Waals surface area contributed by atoms with Gasteiger partial charge in [-0.3, -0.25) is 24.0 Å². The molecule has 0 heterocycles. The summed E-state index contributed by atoms with van der Waals surface area (Å²) in [7, 11) is 0. The fourth-order valence-electron chi connectivity index (χ4n) is 6.67. The number of hydrogen-bond acceptors (Lipinski definition) is 9. The maximum absolute atomic E-state index is 13.2. The van der Waals surface area contributed by atoms with Crippen molar-refractivity contribution in [2.75, 3.05) is 0 Å². The summed E-state index contributed by atoms with van der Waals surface area (Å²) < 4.78 is 5.30. The van der Waals surface area contributed by atoms with E-state index in [2.05, 4.69) is 0 Å². The standard InChI is InChI=1S/C47H58O10/c1-30(17-13-19-32(3)21-23-37-34(5)42(52)39(50)26-45(37,7)8)15-11-12-16-31(2)18-14-20-33(4)22-24-38-35(6)43(53)40(27-46(38,9)10)57-41(51)28-47(56,44(54)55)25-36(49)29-48/h11-24,29,39-40,50,56H,25-28H2,1-10H3,(H,54,55)/b12-11+,17-13+,18-14+,23-21+,24-22+,30-15+,31-16+,32-19+,33-20+. The summed E-state index contributed by atoms with van der Waals surface area (Å²) in [4.78, 5) is 71.7. The molecule has 0 radical (unpaired) electrons. The molecule has 0 aromatic rings. The first-order valence-corrected chi connectivity index (χ1v) is 18.8. The van der Waals surface area contributed by atoms with E-state index in [1.165, 1.54) is 0 Å². The van der Waals surface area contributed by atoms with Crippen molar-refractivity contribution in [3.05, 3.63) is 130 Å². The number of aliphatic hydroxyl groups excluding tert-OH is 1. The number of esters is 1. The summed E-state index contributed by atoms with van der Waals surface area (Å²) in [6, 6.07) is 0. The van der Waals surface area contributed by atoms with E-state index in [1.807, 2.05) is 140 Å². The molecule has 0 saturated heterocycles. The van der Waals surface area contributed by atoms with Crippen molar-refractivity contribution in [3.63, 3.8) is 0 Å². The Morgan fingerprint density at radius 3 is 1.58 bits per heavy atom. The number of allylic oxidation sites excluding steroid dienone is 20. The molecule has 3 unspecified atom stereocenters. The van der Waals surface area contributed by atoms with Gasteiger partial charge >= 0.3 is 11.9 Å². The van der Waals surface area contributed by atoms with Gasteiger partial charge in [0.15, 0.2) is 35.3 Å². The second-order valence-corrected chi connectivity index (χ2v) is 16.2. The number of ketones is 3. The number of carboxylic acid groups (broad SMARTS) is 1. The van der Waals surface area contributed by atoms with Gasteiger partial charge < -0.3 is 20.1 Å². The van der Waals surface area contributed by atoms with E-state index in [0.29, 0.717) is 17.6 Å². The highest BCUT2D eigenvalue weighted by atomic mass is 16.5. The number of carbonyl (C=O) groups excluding carboxylic acids is 5. The summed E-state index contributed by atoms with van der Waals surface area (Å²) in [5, 5.41) is 29.7. The van der Waals surface area contributed by atoms with E-state index in [-0.39, 0.29) is 23.9 Å². The zero-order chi connectivity index (χ0) is 43.3. The van der Waals surface area contributed by atoms with Crippen molar-refractivity contribution >= 4 is 35.6 Å². The van der Waals surface area contributed by atoms with Crippen molar-refractivity contribution in [2.45, 2.75) is 113 Å². The first-order chi connectivity index (χ1) is 26.4. The zero-order valence-electron chi connectivity index (χ0n) is 34.8. The second-order valence-electron chi connectivity index (χ2n) is 16.2. The van der Waals surface area contributed by atoms with E-state index in [1.54, 1.807) is 13.8 Å². The van der Waals surface area contributed by atoms with Crippen LogP contribution in [0.2, 0.25) is 0 Å². The average molecular weight is 783 g/mol. The number of carboxylic acids is 1. The highest BCUT2D eigenvalue weighted by Gasteiger charge is 2.44. The van der Waals surface area contributed by atoms with Crippen LogP contribution in [0.1, 0.15) is 94.9 Å². The quantitative estimate of drug-likeness (QED) is 0.0572. The minimum atomic E-state index is -2.83. The fraction of sp³-hybridized carbons (Fsp3) is 0.404. The molecule has 0 amide bonds. The highest BCUT2D eigenvalue weighted by Crippen LogP contribution is 2.41.